The number of fused-ring (bicyclic) bond motifs is 2. The van der Waals surface area contributed by atoms with Crippen LogP contribution < -0.4 is 10.2 Å². The molecule has 12 heteroatoms. The van der Waals surface area contributed by atoms with Crippen molar-refractivity contribution in [1.82, 2.24) is 8.87 Å². The van der Waals surface area contributed by atoms with E-state index in [2.05, 4.69) is 0 Å². The van der Waals surface area contributed by atoms with Gasteiger partial charge in [0.15, 0.2) is 5.75 Å². The van der Waals surface area contributed by atoms with Crippen LogP contribution in [0.4, 0.5) is 13.2 Å². The maximum Gasteiger partial charge on any atom is 0.387 e. The van der Waals surface area contributed by atoms with Crippen LogP contribution in [0.25, 0.3) is 22.0 Å². The van der Waals surface area contributed by atoms with E-state index in [-0.39, 0.29) is 58.2 Å². The first kappa shape index (κ1) is 28.9. The lowest BCUT2D eigenvalue weighted by atomic mass is 9.97. The Morgan fingerprint density at radius 3 is 2.40 bits per heavy atom. The smallest absolute Gasteiger partial charge is 0.387 e. The summed E-state index contributed by atoms with van der Waals surface area (Å²) in [5.74, 6) is -2.44. The van der Waals surface area contributed by atoms with E-state index in [0.717, 1.165) is 11.6 Å². The molecule has 4 aromatic rings. The highest BCUT2D eigenvalue weighted by Gasteiger charge is 2.34. The monoisotopic (exact) mass is 612 g/mol. The Labute approximate surface area is 245 Å². The number of nitrogens with zero attached hydrogens (tertiary/aromatic N) is 2. The van der Waals surface area contributed by atoms with Crippen molar-refractivity contribution in [3.8, 4) is 16.9 Å². The number of hydrogen-bond donors (Lipinski definition) is 0. The predicted octanol–water partition coefficient (Wildman–Crippen LogP) is 5.93. The second-order valence-corrected chi connectivity index (χ2v) is 12.6. The minimum absolute atomic E-state index is 0.00466. The Balaban J connectivity index is 1.48. The molecular formula is C31H27F3N2O6S. The highest BCUT2D eigenvalue weighted by molar-refractivity contribution is 7.89. The van der Waals surface area contributed by atoms with Crippen molar-refractivity contribution in [1.29, 1.82) is 0 Å². The van der Waals surface area contributed by atoms with E-state index in [4.69, 9.17) is 9.47 Å². The Kier molecular flexibility index (Phi) is 7.29. The van der Waals surface area contributed by atoms with Crippen molar-refractivity contribution in [2.24, 2.45) is 0 Å². The topological polar surface area (TPSA) is 94.9 Å². The number of ether oxygens (including phenoxy) is 2. The third kappa shape index (κ3) is 5.18. The second kappa shape index (κ2) is 10.8. The first-order valence-electron chi connectivity index (χ1n) is 13.7. The molecule has 0 unspecified atom stereocenters. The van der Waals surface area contributed by atoms with Crippen molar-refractivity contribution in [3.63, 3.8) is 0 Å². The maximum absolute atomic E-state index is 15.9. The van der Waals surface area contributed by atoms with Gasteiger partial charge in [-0.3, -0.25) is 4.79 Å². The van der Waals surface area contributed by atoms with Gasteiger partial charge in [0.05, 0.1) is 28.0 Å². The average molecular weight is 613 g/mol. The normalized spacial score (nSPS) is 15.2. The summed E-state index contributed by atoms with van der Waals surface area (Å²) in [6, 6.07) is 11.9. The van der Waals surface area contributed by atoms with Crippen LogP contribution in [0.1, 0.15) is 52.9 Å². The van der Waals surface area contributed by atoms with Crippen LogP contribution in [-0.2, 0) is 27.8 Å². The molecule has 3 aromatic carbocycles. The summed E-state index contributed by atoms with van der Waals surface area (Å²) >= 11 is 0. The Hall–Kier alpha value is -4.16. The van der Waals surface area contributed by atoms with E-state index in [9.17, 15) is 26.8 Å². The molecule has 1 aliphatic heterocycles. The summed E-state index contributed by atoms with van der Waals surface area (Å²) < 4.78 is 82.9. The quantitative estimate of drug-likeness (QED) is 0.229. The molecule has 8 nitrogen and oxygen atoms in total. The lowest BCUT2D eigenvalue weighted by Gasteiger charge is -2.20. The Bertz CT molecular complexity index is 1940. The predicted molar refractivity (Wildman–Crippen MR) is 152 cm³/mol. The molecule has 0 atom stereocenters. The zero-order valence-electron chi connectivity index (χ0n) is 23.3. The van der Waals surface area contributed by atoms with Gasteiger partial charge in [0.25, 0.3) is 0 Å². The van der Waals surface area contributed by atoms with Crippen molar-refractivity contribution in [2.45, 2.75) is 57.3 Å². The number of carbonyl (C=O) groups is 1. The molecule has 1 fully saturated rings. The molecule has 43 heavy (non-hydrogen) atoms. The molecule has 1 aromatic heterocycles. The van der Waals surface area contributed by atoms with E-state index in [1.165, 1.54) is 33.3 Å². The molecule has 0 bridgehead atoms. The van der Waals surface area contributed by atoms with Crippen LogP contribution in [-0.4, -0.2) is 36.5 Å². The Morgan fingerprint density at radius 2 is 1.74 bits per heavy atom. The minimum Gasteiger partial charge on any atom is -0.462 e. The van der Waals surface area contributed by atoms with Gasteiger partial charge in [-0.15, -0.1) is 0 Å². The largest absolute Gasteiger partial charge is 0.462 e. The average Bonchev–Trinajstić information content (AvgIpc) is 3.71. The number of rotatable bonds is 8. The van der Waals surface area contributed by atoms with Gasteiger partial charge in [-0.2, -0.15) is 13.1 Å². The molecule has 0 spiro atoms. The van der Waals surface area contributed by atoms with Gasteiger partial charge in [0.2, 0.25) is 15.5 Å². The number of alkyl halides is 2. The fraction of sp³-hybridized carbons (Fsp3) is 0.290. The third-order valence-electron chi connectivity index (χ3n) is 7.71. The molecular weight excluding hydrogens is 585 g/mol. The summed E-state index contributed by atoms with van der Waals surface area (Å²) in [5, 5.41) is -0.286. The maximum atomic E-state index is 15.9. The van der Waals surface area contributed by atoms with Crippen molar-refractivity contribution in [3.05, 3.63) is 93.0 Å². The molecule has 2 heterocycles. The lowest BCUT2D eigenvalue weighted by molar-refractivity contribution is -0.0487. The SMILES string of the molecule is CCOC(=O)c1cn(C2CC2)c2c(OC(F)F)c(-c3ccc4c(c3)CN(S(=O)(=O)c3ccc(C)cc3)C4)c(F)cc2c1=O. The summed E-state index contributed by atoms with van der Waals surface area (Å²) in [5.41, 5.74) is 0.808. The fourth-order valence-corrected chi connectivity index (χ4v) is 6.87. The van der Waals surface area contributed by atoms with Gasteiger partial charge in [0.1, 0.15) is 11.4 Å². The number of pyridine rings is 1. The van der Waals surface area contributed by atoms with Crippen LogP contribution in [0.2, 0.25) is 0 Å². The van der Waals surface area contributed by atoms with E-state index >= 15 is 4.39 Å². The van der Waals surface area contributed by atoms with Crippen LogP contribution in [0, 0.1) is 12.7 Å². The van der Waals surface area contributed by atoms with Crippen LogP contribution in [0.15, 0.2) is 64.4 Å². The zero-order valence-corrected chi connectivity index (χ0v) is 24.1. The van der Waals surface area contributed by atoms with Crippen LogP contribution in [0.3, 0.4) is 0 Å². The third-order valence-corrected chi connectivity index (χ3v) is 9.52. The number of carbonyl (C=O) groups excluding carboxylic acids is 1. The number of halogens is 3. The van der Waals surface area contributed by atoms with E-state index in [1.54, 1.807) is 31.2 Å². The van der Waals surface area contributed by atoms with Gasteiger partial charge in [-0.1, -0.05) is 29.8 Å². The minimum atomic E-state index is -3.83. The molecule has 0 radical (unpaired) electrons. The summed E-state index contributed by atoms with van der Waals surface area (Å²) in [7, 11) is -3.83. The summed E-state index contributed by atoms with van der Waals surface area (Å²) in [6.45, 7) is 0.173. The highest BCUT2D eigenvalue weighted by Crippen LogP contribution is 2.45. The van der Waals surface area contributed by atoms with E-state index in [0.29, 0.717) is 24.0 Å². The second-order valence-electron chi connectivity index (χ2n) is 10.6. The fourth-order valence-electron chi connectivity index (χ4n) is 5.47. The van der Waals surface area contributed by atoms with Gasteiger partial charge in [0, 0.05) is 25.3 Å². The Morgan fingerprint density at radius 1 is 1.05 bits per heavy atom. The lowest BCUT2D eigenvalue weighted by Crippen LogP contribution is -2.25. The number of benzene rings is 3. The van der Waals surface area contributed by atoms with Gasteiger partial charge in [-0.25, -0.2) is 17.6 Å². The number of esters is 1. The van der Waals surface area contributed by atoms with Crippen LogP contribution in [0.5, 0.6) is 5.75 Å². The standard InChI is InChI=1S/C31H27F3N2O6S/c1-3-41-30(38)24-16-36(21-8-9-21)27-23(28(24)37)13-25(32)26(29(27)42-31(33)34)18-6-7-19-14-35(15-20(19)12-18)43(39,40)22-10-4-17(2)5-11-22/h4-7,10-13,16,21,31H,3,8-9,14-15H2,1-2H3. The number of hydrogen-bond acceptors (Lipinski definition) is 6. The molecule has 1 saturated carbocycles. The van der Waals surface area contributed by atoms with E-state index < -0.39 is 39.6 Å². The first-order chi connectivity index (χ1) is 20.5. The molecule has 224 valence electrons. The molecule has 6 rings (SSSR count). The van der Waals surface area contributed by atoms with Gasteiger partial charge < -0.3 is 14.0 Å². The van der Waals surface area contributed by atoms with Crippen molar-refractivity contribution < 1.29 is 35.9 Å². The zero-order chi connectivity index (χ0) is 30.6. The molecule has 2 aliphatic rings. The molecule has 1 aliphatic carbocycles. The van der Waals surface area contributed by atoms with Gasteiger partial charge >= 0.3 is 12.6 Å². The molecule has 0 saturated heterocycles. The molecule has 0 N–H and O–H groups in total. The van der Waals surface area contributed by atoms with Gasteiger partial charge in [-0.05, 0) is 67.6 Å². The number of aromatic nitrogens is 1. The highest BCUT2D eigenvalue weighted by atomic mass is 32.2. The van der Waals surface area contributed by atoms with Crippen molar-refractivity contribution in [2.75, 3.05) is 6.61 Å². The van der Waals surface area contributed by atoms with Crippen LogP contribution >= 0.6 is 0 Å². The molecule has 0 amide bonds. The summed E-state index contributed by atoms with van der Waals surface area (Å²) in [6.07, 6.45) is 2.58. The van der Waals surface area contributed by atoms with E-state index in [1.807, 2.05) is 6.92 Å². The number of sulfonamides is 1. The summed E-state index contributed by atoms with van der Waals surface area (Å²) in [4.78, 5) is 26.0. The van der Waals surface area contributed by atoms with Crippen molar-refractivity contribution >= 4 is 26.9 Å². The number of aryl methyl sites for hydroxylation is 1. The first-order valence-corrected chi connectivity index (χ1v) is 15.2.